The number of aryl methyl sites for hydroxylation is 1. The number of anilines is 1. The van der Waals surface area contributed by atoms with Crippen LogP contribution in [0.25, 0.3) is 0 Å². The van der Waals surface area contributed by atoms with Crippen molar-refractivity contribution in [2.75, 3.05) is 19.5 Å². The van der Waals surface area contributed by atoms with E-state index in [0.29, 0.717) is 18.5 Å². The minimum absolute atomic E-state index is 0.0474. The minimum Gasteiger partial charge on any atom is -0.497 e. The number of benzene rings is 1. The number of carbonyl (C=O) groups is 2. The third kappa shape index (κ3) is 3.50. The van der Waals surface area contributed by atoms with E-state index in [9.17, 15) is 9.59 Å². The third-order valence-corrected chi connectivity index (χ3v) is 4.63. The van der Waals surface area contributed by atoms with Gasteiger partial charge in [-0.15, -0.1) is 0 Å². The van der Waals surface area contributed by atoms with E-state index in [1.807, 2.05) is 24.3 Å². The second kappa shape index (κ2) is 6.96. The van der Waals surface area contributed by atoms with Crippen LogP contribution < -0.4 is 10.1 Å². The number of ether oxygens (including phenoxy) is 1. The second-order valence-corrected chi connectivity index (χ2v) is 6.26. The predicted octanol–water partition coefficient (Wildman–Crippen LogP) is 1.98. The molecule has 2 atom stereocenters. The zero-order chi connectivity index (χ0) is 18.0. The van der Waals surface area contributed by atoms with Crippen molar-refractivity contribution < 1.29 is 14.3 Å². The van der Waals surface area contributed by atoms with E-state index in [1.165, 1.54) is 0 Å². The maximum absolute atomic E-state index is 12.8. The van der Waals surface area contributed by atoms with Gasteiger partial charge in [-0.25, -0.2) is 0 Å². The number of nitrogens with zero attached hydrogens (tertiary/aromatic N) is 3. The van der Waals surface area contributed by atoms with Crippen molar-refractivity contribution in [1.29, 1.82) is 0 Å². The lowest BCUT2D eigenvalue weighted by atomic mass is 9.84. The molecule has 132 valence electrons. The van der Waals surface area contributed by atoms with Crippen molar-refractivity contribution in [3.05, 3.63) is 42.2 Å². The summed E-state index contributed by atoms with van der Waals surface area (Å²) < 4.78 is 6.82. The molecule has 0 unspecified atom stereocenters. The van der Waals surface area contributed by atoms with Crippen molar-refractivity contribution in [3.8, 4) is 5.75 Å². The Morgan fingerprint density at radius 3 is 2.60 bits per heavy atom. The molecular weight excluding hydrogens is 320 g/mol. The molecule has 1 aliphatic rings. The van der Waals surface area contributed by atoms with Crippen LogP contribution in [-0.4, -0.2) is 40.7 Å². The SMILES string of the molecule is COc1ccc([C@H]2[C@H](C(=O)Nc3cnn(C)c3)CCC(=O)N2C)cc1. The highest BCUT2D eigenvalue weighted by Gasteiger charge is 2.38. The van der Waals surface area contributed by atoms with E-state index in [1.54, 1.807) is 43.2 Å². The summed E-state index contributed by atoms with van der Waals surface area (Å²) in [6.45, 7) is 0. The molecular formula is C18H22N4O3. The van der Waals surface area contributed by atoms with Crippen molar-refractivity contribution in [2.45, 2.75) is 18.9 Å². The average Bonchev–Trinajstić information content (AvgIpc) is 3.02. The van der Waals surface area contributed by atoms with Gasteiger partial charge in [0.1, 0.15) is 5.75 Å². The van der Waals surface area contributed by atoms with E-state index < -0.39 is 0 Å². The van der Waals surface area contributed by atoms with Crippen molar-refractivity contribution in [3.63, 3.8) is 0 Å². The van der Waals surface area contributed by atoms with Gasteiger partial charge in [0.05, 0.1) is 31.0 Å². The first-order valence-electron chi connectivity index (χ1n) is 8.18. The number of hydrogen-bond acceptors (Lipinski definition) is 4. The van der Waals surface area contributed by atoms with Gasteiger partial charge in [0.15, 0.2) is 0 Å². The number of aromatic nitrogens is 2. The minimum atomic E-state index is -0.323. The summed E-state index contributed by atoms with van der Waals surface area (Å²) in [7, 11) is 5.15. The molecule has 0 aliphatic carbocycles. The number of likely N-dealkylation sites (tertiary alicyclic amines) is 1. The Hall–Kier alpha value is -2.83. The Balaban J connectivity index is 1.86. The predicted molar refractivity (Wildman–Crippen MR) is 93.1 cm³/mol. The number of carbonyl (C=O) groups excluding carboxylic acids is 2. The van der Waals surface area contributed by atoms with Gasteiger partial charge in [0.2, 0.25) is 11.8 Å². The Morgan fingerprint density at radius 1 is 1.28 bits per heavy atom. The molecule has 0 radical (unpaired) electrons. The average molecular weight is 342 g/mol. The molecule has 3 rings (SSSR count). The van der Waals surface area contributed by atoms with Crippen molar-refractivity contribution in [1.82, 2.24) is 14.7 Å². The number of hydrogen-bond donors (Lipinski definition) is 1. The molecule has 1 aromatic carbocycles. The summed E-state index contributed by atoms with van der Waals surface area (Å²) in [6, 6.07) is 7.20. The highest BCUT2D eigenvalue weighted by Crippen LogP contribution is 2.37. The summed E-state index contributed by atoms with van der Waals surface area (Å²) in [5, 5.41) is 6.97. The van der Waals surface area contributed by atoms with Crippen LogP contribution in [0.15, 0.2) is 36.7 Å². The lowest BCUT2D eigenvalue weighted by Crippen LogP contribution is -2.44. The first-order valence-corrected chi connectivity index (χ1v) is 8.18. The highest BCUT2D eigenvalue weighted by molar-refractivity contribution is 5.94. The van der Waals surface area contributed by atoms with Gasteiger partial charge in [-0.2, -0.15) is 5.10 Å². The molecule has 25 heavy (non-hydrogen) atoms. The van der Waals surface area contributed by atoms with E-state index in [4.69, 9.17) is 4.74 Å². The van der Waals surface area contributed by atoms with Crippen LogP contribution in [0.2, 0.25) is 0 Å². The molecule has 7 nitrogen and oxygen atoms in total. The number of amides is 2. The topological polar surface area (TPSA) is 76.5 Å². The molecule has 1 aromatic heterocycles. The molecule has 2 aromatic rings. The fourth-order valence-electron chi connectivity index (χ4n) is 3.29. The summed E-state index contributed by atoms with van der Waals surface area (Å²) in [6.07, 6.45) is 4.25. The van der Waals surface area contributed by atoms with Gasteiger partial charge in [-0.3, -0.25) is 14.3 Å². The Bertz CT molecular complexity index is 769. The quantitative estimate of drug-likeness (QED) is 0.922. The number of rotatable bonds is 4. The van der Waals surface area contributed by atoms with Crippen LogP contribution >= 0.6 is 0 Å². The van der Waals surface area contributed by atoms with Crippen molar-refractivity contribution >= 4 is 17.5 Å². The molecule has 2 amide bonds. The number of piperidine rings is 1. The molecule has 7 heteroatoms. The maximum atomic E-state index is 12.8. The zero-order valence-corrected chi connectivity index (χ0v) is 14.6. The fourth-order valence-corrected chi connectivity index (χ4v) is 3.29. The van der Waals surface area contributed by atoms with Crippen molar-refractivity contribution in [2.24, 2.45) is 13.0 Å². The van der Waals surface area contributed by atoms with E-state index in [2.05, 4.69) is 10.4 Å². The van der Waals surface area contributed by atoms with Crippen LogP contribution in [0.3, 0.4) is 0 Å². The standard InChI is InChI=1S/C18H22N4O3/c1-21-11-13(10-19-21)20-18(24)15-8-9-16(23)22(2)17(15)12-4-6-14(25-3)7-5-12/h4-7,10-11,15,17H,8-9H2,1-3H3,(H,20,24)/t15-,17+/m1/s1. The monoisotopic (exact) mass is 342 g/mol. The molecule has 0 spiro atoms. The summed E-state index contributed by atoms with van der Waals surface area (Å²) in [5.74, 6) is 0.362. The first kappa shape index (κ1) is 17.0. The van der Waals surface area contributed by atoms with Gasteiger partial charge in [-0.05, 0) is 24.1 Å². The molecule has 1 aliphatic heterocycles. The number of nitrogens with one attached hydrogen (secondary N) is 1. The molecule has 1 fully saturated rings. The van der Waals surface area contributed by atoms with Gasteiger partial charge in [-0.1, -0.05) is 12.1 Å². The molecule has 1 N–H and O–H groups in total. The lowest BCUT2D eigenvalue weighted by Gasteiger charge is -2.38. The van der Waals surface area contributed by atoms with Crippen LogP contribution in [-0.2, 0) is 16.6 Å². The van der Waals surface area contributed by atoms with E-state index in [0.717, 1.165) is 11.3 Å². The van der Waals surface area contributed by atoms with Gasteiger partial charge in [0.25, 0.3) is 0 Å². The maximum Gasteiger partial charge on any atom is 0.230 e. The van der Waals surface area contributed by atoms with E-state index in [-0.39, 0.29) is 23.8 Å². The van der Waals surface area contributed by atoms with Gasteiger partial charge in [0, 0.05) is 26.7 Å². The molecule has 0 saturated carbocycles. The summed E-state index contributed by atoms with van der Waals surface area (Å²) in [5.41, 5.74) is 1.57. The smallest absolute Gasteiger partial charge is 0.230 e. The first-order chi connectivity index (χ1) is 12.0. The Labute approximate surface area is 146 Å². The van der Waals surface area contributed by atoms with Gasteiger partial charge < -0.3 is 15.0 Å². The van der Waals surface area contributed by atoms with Crippen LogP contribution in [0, 0.1) is 5.92 Å². The number of methoxy groups -OCH3 is 1. The highest BCUT2D eigenvalue weighted by atomic mass is 16.5. The van der Waals surface area contributed by atoms with Crippen LogP contribution in [0.4, 0.5) is 5.69 Å². The summed E-state index contributed by atoms with van der Waals surface area (Å²) in [4.78, 5) is 26.7. The lowest BCUT2D eigenvalue weighted by molar-refractivity contribution is -0.140. The molecule has 0 bridgehead atoms. The Morgan fingerprint density at radius 2 is 2.00 bits per heavy atom. The molecule has 1 saturated heterocycles. The van der Waals surface area contributed by atoms with Crippen LogP contribution in [0.5, 0.6) is 5.75 Å². The zero-order valence-electron chi connectivity index (χ0n) is 14.6. The normalized spacial score (nSPS) is 20.4. The van der Waals surface area contributed by atoms with Crippen LogP contribution in [0.1, 0.15) is 24.4 Å². The van der Waals surface area contributed by atoms with Gasteiger partial charge >= 0.3 is 0 Å². The van der Waals surface area contributed by atoms with E-state index >= 15 is 0 Å². The fraction of sp³-hybridized carbons (Fsp3) is 0.389. The second-order valence-electron chi connectivity index (χ2n) is 6.26. The third-order valence-electron chi connectivity index (χ3n) is 4.63. The molecule has 2 heterocycles. The summed E-state index contributed by atoms with van der Waals surface area (Å²) >= 11 is 0. The Kier molecular flexibility index (Phi) is 4.74. The largest absolute Gasteiger partial charge is 0.497 e.